The fourth-order valence-electron chi connectivity index (χ4n) is 1.68. The Morgan fingerprint density at radius 1 is 1.60 bits per heavy atom. The van der Waals surface area contributed by atoms with E-state index in [2.05, 4.69) is 16.0 Å². The van der Waals surface area contributed by atoms with E-state index in [9.17, 15) is 0 Å². The molecule has 2 heterocycles. The number of nitrogens with zero attached hydrogens (tertiary/aromatic N) is 3. The van der Waals surface area contributed by atoms with Crippen LogP contribution in [0.5, 0.6) is 0 Å². The van der Waals surface area contributed by atoms with Crippen LogP contribution in [-0.4, -0.2) is 31.3 Å². The third kappa shape index (κ3) is 2.08. The molecule has 1 atom stereocenters. The predicted octanol–water partition coefficient (Wildman–Crippen LogP) is 1.18. The summed E-state index contributed by atoms with van der Waals surface area (Å²) in [6.07, 6.45) is 2.64. The van der Waals surface area contributed by atoms with E-state index in [0.717, 1.165) is 25.5 Å². The number of ether oxygens (including phenoxy) is 1. The normalized spacial score (nSPS) is 19.9. The SMILES string of the molecule is CN(c1ccc(C#N)cn1)C1CCOC1. The lowest BCUT2D eigenvalue weighted by atomic mass is 10.2. The lowest BCUT2D eigenvalue weighted by Gasteiger charge is -2.23. The molecule has 2 rings (SSSR count). The molecule has 4 nitrogen and oxygen atoms in total. The van der Waals surface area contributed by atoms with Crippen LogP contribution in [0.1, 0.15) is 12.0 Å². The summed E-state index contributed by atoms with van der Waals surface area (Å²) >= 11 is 0. The molecule has 0 spiro atoms. The number of hydrogen-bond donors (Lipinski definition) is 0. The van der Waals surface area contributed by atoms with Gasteiger partial charge in [0.2, 0.25) is 0 Å². The van der Waals surface area contributed by atoms with E-state index in [4.69, 9.17) is 10.00 Å². The molecule has 78 valence electrons. The first-order valence-electron chi connectivity index (χ1n) is 4.98. The van der Waals surface area contributed by atoms with Gasteiger partial charge in [-0.15, -0.1) is 0 Å². The fourth-order valence-corrected chi connectivity index (χ4v) is 1.68. The molecule has 1 aliphatic rings. The van der Waals surface area contributed by atoms with Crippen molar-refractivity contribution in [2.24, 2.45) is 0 Å². The highest BCUT2D eigenvalue weighted by molar-refractivity contribution is 5.42. The fraction of sp³-hybridized carbons (Fsp3) is 0.455. The Balaban J connectivity index is 2.11. The highest BCUT2D eigenvalue weighted by atomic mass is 16.5. The van der Waals surface area contributed by atoms with Crippen LogP contribution in [0.2, 0.25) is 0 Å². The highest BCUT2D eigenvalue weighted by Gasteiger charge is 2.20. The molecule has 1 aromatic rings. The van der Waals surface area contributed by atoms with Gasteiger partial charge in [0.15, 0.2) is 0 Å². The van der Waals surface area contributed by atoms with E-state index in [1.54, 1.807) is 12.3 Å². The van der Waals surface area contributed by atoms with Crippen LogP contribution >= 0.6 is 0 Å². The van der Waals surface area contributed by atoms with Crippen LogP contribution in [0.3, 0.4) is 0 Å². The molecule has 1 aliphatic heterocycles. The molecule has 0 aromatic carbocycles. The van der Waals surface area contributed by atoms with Crippen LogP contribution in [0.4, 0.5) is 5.82 Å². The Bertz CT molecular complexity index is 362. The molecule has 0 bridgehead atoms. The van der Waals surface area contributed by atoms with Crippen molar-refractivity contribution in [1.29, 1.82) is 5.26 Å². The topological polar surface area (TPSA) is 49.2 Å². The second-order valence-corrected chi connectivity index (χ2v) is 3.65. The Labute approximate surface area is 89.1 Å². The van der Waals surface area contributed by atoms with Crippen molar-refractivity contribution in [2.75, 3.05) is 25.2 Å². The van der Waals surface area contributed by atoms with Crippen LogP contribution < -0.4 is 4.90 Å². The number of anilines is 1. The van der Waals surface area contributed by atoms with Crippen LogP contribution in [0.15, 0.2) is 18.3 Å². The molecule has 4 heteroatoms. The molecule has 0 amide bonds. The van der Waals surface area contributed by atoms with Crippen molar-refractivity contribution in [1.82, 2.24) is 4.98 Å². The number of likely N-dealkylation sites (N-methyl/N-ethyl adjacent to an activating group) is 1. The van der Waals surface area contributed by atoms with Gasteiger partial charge in [-0.1, -0.05) is 0 Å². The lowest BCUT2D eigenvalue weighted by Crippen LogP contribution is -2.32. The van der Waals surface area contributed by atoms with Crippen molar-refractivity contribution in [2.45, 2.75) is 12.5 Å². The van der Waals surface area contributed by atoms with Gasteiger partial charge in [-0.05, 0) is 18.6 Å². The van der Waals surface area contributed by atoms with Crippen molar-refractivity contribution in [3.8, 4) is 6.07 Å². The quantitative estimate of drug-likeness (QED) is 0.724. The van der Waals surface area contributed by atoms with Crippen molar-refractivity contribution in [3.05, 3.63) is 23.9 Å². The van der Waals surface area contributed by atoms with Gasteiger partial charge < -0.3 is 9.64 Å². The van der Waals surface area contributed by atoms with E-state index >= 15 is 0 Å². The maximum atomic E-state index is 8.66. The monoisotopic (exact) mass is 203 g/mol. The molecule has 1 fully saturated rings. The second-order valence-electron chi connectivity index (χ2n) is 3.65. The average Bonchev–Trinajstić information content (AvgIpc) is 2.82. The molecule has 15 heavy (non-hydrogen) atoms. The zero-order valence-corrected chi connectivity index (χ0v) is 8.68. The van der Waals surface area contributed by atoms with E-state index in [1.807, 2.05) is 13.1 Å². The maximum absolute atomic E-state index is 8.66. The molecule has 1 unspecified atom stereocenters. The lowest BCUT2D eigenvalue weighted by molar-refractivity contribution is 0.193. The zero-order chi connectivity index (χ0) is 10.7. The van der Waals surface area contributed by atoms with Gasteiger partial charge in [-0.3, -0.25) is 0 Å². The maximum Gasteiger partial charge on any atom is 0.128 e. The Hall–Kier alpha value is -1.60. The van der Waals surface area contributed by atoms with E-state index < -0.39 is 0 Å². The largest absolute Gasteiger partial charge is 0.379 e. The van der Waals surface area contributed by atoms with Gasteiger partial charge in [0, 0.05) is 19.9 Å². The number of nitriles is 1. The standard InChI is InChI=1S/C11H13N3O/c1-14(10-4-5-15-8-10)11-3-2-9(6-12)7-13-11/h2-3,7,10H,4-5,8H2,1H3. The summed E-state index contributed by atoms with van der Waals surface area (Å²) in [5.74, 6) is 0.893. The number of hydrogen-bond acceptors (Lipinski definition) is 4. The summed E-state index contributed by atoms with van der Waals surface area (Å²) in [6.45, 7) is 1.59. The van der Waals surface area contributed by atoms with Gasteiger partial charge >= 0.3 is 0 Å². The summed E-state index contributed by atoms with van der Waals surface area (Å²) in [5.41, 5.74) is 0.592. The second kappa shape index (κ2) is 4.28. The van der Waals surface area contributed by atoms with Gasteiger partial charge in [0.25, 0.3) is 0 Å². The van der Waals surface area contributed by atoms with Gasteiger partial charge in [-0.25, -0.2) is 4.98 Å². The summed E-state index contributed by atoms with van der Waals surface area (Å²) in [6, 6.07) is 6.12. The van der Waals surface area contributed by atoms with Crippen LogP contribution in [-0.2, 0) is 4.74 Å². The molecule has 0 radical (unpaired) electrons. The minimum absolute atomic E-state index is 0.408. The van der Waals surface area contributed by atoms with Crippen molar-refractivity contribution in [3.63, 3.8) is 0 Å². The smallest absolute Gasteiger partial charge is 0.128 e. The molecule has 1 aromatic heterocycles. The minimum atomic E-state index is 0.408. The molecular weight excluding hydrogens is 190 g/mol. The first kappa shape index (κ1) is 9.94. The first-order valence-corrected chi connectivity index (χ1v) is 4.98. The third-order valence-electron chi connectivity index (χ3n) is 2.69. The number of pyridine rings is 1. The zero-order valence-electron chi connectivity index (χ0n) is 8.68. The van der Waals surface area contributed by atoms with Gasteiger partial charge in [0.1, 0.15) is 11.9 Å². The summed E-state index contributed by atoms with van der Waals surface area (Å²) in [4.78, 5) is 6.35. The predicted molar refractivity (Wildman–Crippen MR) is 56.6 cm³/mol. The third-order valence-corrected chi connectivity index (χ3v) is 2.69. The van der Waals surface area contributed by atoms with E-state index in [-0.39, 0.29) is 0 Å². The summed E-state index contributed by atoms with van der Waals surface area (Å²) < 4.78 is 5.32. The molecule has 0 saturated carbocycles. The molecular formula is C11H13N3O. The number of aromatic nitrogens is 1. The van der Waals surface area contributed by atoms with Gasteiger partial charge in [-0.2, -0.15) is 5.26 Å². The van der Waals surface area contributed by atoms with E-state index in [1.165, 1.54) is 0 Å². The molecule has 0 N–H and O–H groups in total. The Morgan fingerprint density at radius 3 is 3.00 bits per heavy atom. The van der Waals surface area contributed by atoms with E-state index in [0.29, 0.717) is 11.6 Å². The Morgan fingerprint density at radius 2 is 2.47 bits per heavy atom. The molecule has 0 aliphatic carbocycles. The summed E-state index contributed by atoms with van der Waals surface area (Å²) in [7, 11) is 2.01. The van der Waals surface area contributed by atoms with Crippen molar-refractivity contribution >= 4 is 5.82 Å². The minimum Gasteiger partial charge on any atom is -0.379 e. The van der Waals surface area contributed by atoms with Crippen LogP contribution in [0.25, 0.3) is 0 Å². The highest BCUT2D eigenvalue weighted by Crippen LogP contribution is 2.17. The van der Waals surface area contributed by atoms with Gasteiger partial charge in [0.05, 0.1) is 18.2 Å². The average molecular weight is 203 g/mol. The number of rotatable bonds is 2. The molecule has 1 saturated heterocycles. The van der Waals surface area contributed by atoms with Crippen LogP contribution in [0, 0.1) is 11.3 Å². The Kier molecular flexibility index (Phi) is 2.84. The summed E-state index contributed by atoms with van der Waals surface area (Å²) in [5, 5.41) is 8.66. The first-order chi connectivity index (χ1) is 7.31. The van der Waals surface area contributed by atoms with Crippen molar-refractivity contribution < 1.29 is 4.74 Å².